The van der Waals surface area contributed by atoms with Crippen LogP contribution in [0.2, 0.25) is 4.34 Å². The van der Waals surface area contributed by atoms with E-state index in [1.807, 2.05) is 12.1 Å². The third-order valence-corrected chi connectivity index (χ3v) is 3.76. The van der Waals surface area contributed by atoms with Crippen molar-refractivity contribution in [3.8, 4) is 0 Å². The SMILES string of the molecule is CNC(=O)NCC(C)(C)c1ccc(Cl)s1. The number of halogens is 1. The number of nitrogens with one attached hydrogen (secondary N) is 2. The van der Waals surface area contributed by atoms with Crippen LogP contribution in [-0.4, -0.2) is 19.6 Å². The topological polar surface area (TPSA) is 41.1 Å². The number of carbonyl (C=O) groups is 1. The Morgan fingerprint density at radius 3 is 2.67 bits per heavy atom. The minimum atomic E-state index is -0.161. The fourth-order valence-electron chi connectivity index (χ4n) is 1.15. The molecule has 0 spiro atoms. The lowest BCUT2D eigenvalue weighted by atomic mass is 9.91. The van der Waals surface area contributed by atoms with E-state index in [-0.39, 0.29) is 11.4 Å². The lowest BCUT2D eigenvalue weighted by molar-refractivity contribution is 0.240. The molecule has 1 rings (SSSR count). The smallest absolute Gasteiger partial charge is 0.314 e. The summed E-state index contributed by atoms with van der Waals surface area (Å²) in [5.74, 6) is 0. The second-order valence-corrected chi connectivity index (χ2v) is 5.64. The van der Waals surface area contributed by atoms with E-state index in [4.69, 9.17) is 11.6 Å². The molecule has 0 atom stereocenters. The number of hydrogen-bond donors (Lipinski definition) is 2. The Balaban J connectivity index is 2.63. The van der Waals surface area contributed by atoms with Crippen LogP contribution < -0.4 is 10.6 Å². The van der Waals surface area contributed by atoms with E-state index in [2.05, 4.69) is 24.5 Å². The Morgan fingerprint density at radius 2 is 2.20 bits per heavy atom. The molecule has 0 saturated heterocycles. The molecule has 5 heteroatoms. The van der Waals surface area contributed by atoms with Crippen molar-refractivity contribution in [2.75, 3.05) is 13.6 Å². The molecule has 2 amide bonds. The third kappa shape index (κ3) is 3.39. The zero-order valence-electron chi connectivity index (χ0n) is 9.06. The molecule has 2 N–H and O–H groups in total. The molecule has 0 unspecified atom stereocenters. The summed E-state index contributed by atoms with van der Waals surface area (Å²) in [5, 5.41) is 5.32. The molecule has 0 radical (unpaired) electrons. The molecule has 0 aromatic carbocycles. The van der Waals surface area contributed by atoms with E-state index in [0.717, 1.165) is 4.34 Å². The largest absolute Gasteiger partial charge is 0.341 e. The van der Waals surface area contributed by atoms with Gasteiger partial charge in [-0.05, 0) is 12.1 Å². The van der Waals surface area contributed by atoms with E-state index >= 15 is 0 Å². The van der Waals surface area contributed by atoms with Crippen molar-refractivity contribution in [3.05, 3.63) is 21.3 Å². The molecule has 84 valence electrons. The predicted molar refractivity (Wildman–Crippen MR) is 64.8 cm³/mol. The molecule has 15 heavy (non-hydrogen) atoms. The second-order valence-electron chi connectivity index (χ2n) is 3.92. The Hall–Kier alpha value is -0.740. The first-order chi connectivity index (χ1) is 6.95. The van der Waals surface area contributed by atoms with E-state index in [1.165, 1.54) is 4.88 Å². The van der Waals surface area contributed by atoms with Gasteiger partial charge in [0, 0.05) is 23.9 Å². The lowest BCUT2D eigenvalue weighted by Crippen LogP contribution is -2.40. The van der Waals surface area contributed by atoms with E-state index < -0.39 is 0 Å². The molecule has 0 aliphatic heterocycles. The zero-order chi connectivity index (χ0) is 11.5. The van der Waals surface area contributed by atoms with Crippen LogP contribution >= 0.6 is 22.9 Å². The molecule has 1 heterocycles. The second kappa shape index (κ2) is 4.86. The van der Waals surface area contributed by atoms with Crippen LogP contribution in [-0.2, 0) is 5.41 Å². The molecular weight excluding hydrogens is 232 g/mol. The maximum atomic E-state index is 11.1. The lowest BCUT2D eigenvalue weighted by Gasteiger charge is -2.23. The highest BCUT2D eigenvalue weighted by molar-refractivity contribution is 7.16. The van der Waals surface area contributed by atoms with Crippen molar-refractivity contribution in [1.82, 2.24) is 10.6 Å². The molecule has 1 aromatic rings. The summed E-state index contributed by atoms with van der Waals surface area (Å²) in [6.45, 7) is 4.74. The summed E-state index contributed by atoms with van der Waals surface area (Å²) in [7, 11) is 1.60. The van der Waals surface area contributed by atoms with Gasteiger partial charge in [0.05, 0.1) is 4.34 Å². The van der Waals surface area contributed by atoms with E-state index in [1.54, 1.807) is 18.4 Å². The number of rotatable bonds is 3. The van der Waals surface area contributed by atoms with E-state index in [9.17, 15) is 4.79 Å². The summed E-state index contributed by atoms with van der Waals surface area (Å²) >= 11 is 7.42. The molecule has 0 aliphatic rings. The molecule has 0 aliphatic carbocycles. The molecule has 0 bridgehead atoms. The number of urea groups is 1. The van der Waals surface area contributed by atoms with Gasteiger partial charge in [-0.25, -0.2) is 4.79 Å². The van der Waals surface area contributed by atoms with Gasteiger partial charge in [-0.2, -0.15) is 0 Å². The highest BCUT2D eigenvalue weighted by Gasteiger charge is 2.22. The quantitative estimate of drug-likeness (QED) is 0.846. The van der Waals surface area contributed by atoms with E-state index in [0.29, 0.717) is 6.54 Å². The Kier molecular flexibility index (Phi) is 3.99. The van der Waals surface area contributed by atoms with Crippen LogP contribution in [0.1, 0.15) is 18.7 Å². The summed E-state index contributed by atoms with van der Waals surface area (Å²) in [6, 6.07) is 3.72. The van der Waals surface area contributed by atoms with Gasteiger partial charge in [-0.15, -0.1) is 11.3 Å². The Bertz CT molecular complexity index is 349. The number of thiophene rings is 1. The van der Waals surface area contributed by atoms with Crippen LogP contribution in [0.25, 0.3) is 0 Å². The van der Waals surface area contributed by atoms with Crippen molar-refractivity contribution in [2.24, 2.45) is 0 Å². The first-order valence-corrected chi connectivity index (χ1v) is 5.86. The third-order valence-electron chi connectivity index (χ3n) is 2.16. The number of hydrogen-bond acceptors (Lipinski definition) is 2. The van der Waals surface area contributed by atoms with Gasteiger partial charge >= 0.3 is 6.03 Å². The first-order valence-electron chi connectivity index (χ1n) is 4.67. The van der Waals surface area contributed by atoms with Crippen molar-refractivity contribution < 1.29 is 4.79 Å². The maximum Gasteiger partial charge on any atom is 0.314 e. The van der Waals surface area contributed by atoms with Crippen molar-refractivity contribution in [1.29, 1.82) is 0 Å². The molecule has 3 nitrogen and oxygen atoms in total. The average molecular weight is 247 g/mol. The van der Waals surface area contributed by atoms with Gasteiger partial charge in [-0.1, -0.05) is 25.4 Å². The highest BCUT2D eigenvalue weighted by atomic mass is 35.5. The maximum absolute atomic E-state index is 11.1. The van der Waals surface area contributed by atoms with Crippen molar-refractivity contribution in [3.63, 3.8) is 0 Å². The van der Waals surface area contributed by atoms with Gasteiger partial charge in [0.15, 0.2) is 0 Å². The van der Waals surface area contributed by atoms with Crippen LogP contribution in [0.4, 0.5) is 4.79 Å². The first kappa shape index (κ1) is 12.3. The fourth-order valence-corrected chi connectivity index (χ4v) is 2.30. The number of carbonyl (C=O) groups excluding carboxylic acids is 1. The normalized spacial score (nSPS) is 11.2. The number of amides is 2. The predicted octanol–water partition coefficient (Wildman–Crippen LogP) is 2.61. The van der Waals surface area contributed by atoms with Crippen LogP contribution in [0, 0.1) is 0 Å². The molecule has 1 aromatic heterocycles. The minimum absolute atomic E-state index is 0.0929. The van der Waals surface area contributed by atoms with Gasteiger partial charge in [0.1, 0.15) is 0 Å². The highest BCUT2D eigenvalue weighted by Crippen LogP contribution is 2.31. The van der Waals surface area contributed by atoms with Gasteiger partial charge in [0.25, 0.3) is 0 Å². The van der Waals surface area contributed by atoms with Crippen molar-refractivity contribution >= 4 is 29.0 Å². The van der Waals surface area contributed by atoms with Crippen LogP contribution in [0.15, 0.2) is 12.1 Å². The van der Waals surface area contributed by atoms with Gasteiger partial charge < -0.3 is 10.6 Å². The van der Waals surface area contributed by atoms with Crippen molar-refractivity contribution in [2.45, 2.75) is 19.3 Å². The van der Waals surface area contributed by atoms with Gasteiger partial charge in [0.2, 0.25) is 0 Å². The summed E-state index contributed by atoms with van der Waals surface area (Å²) in [6.07, 6.45) is 0. The summed E-state index contributed by atoms with van der Waals surface area (Å²) in [4.78, 5) is 12.2. The van der Waals surface area contributed by atoms with Crippen LogP contribution in [0.3, 0.4) is 0 Å². The summed E-state index contributed by atoms with van der Waals surface area (Å²) < 4.78 is 0.776. The standard InChI is InChI=1S/C10H15ClN2OS/c1-10(2,6-13-9(14)12-3)7-4-5-8(11)15-7/h4-5H,6H2,1-3H3,(H2,12,13,14). The average Bonchev–Trinajstić information content (AvgIpc) is 2.62. The van der Waals surface area contributed by atoms with Crippen LogP contribution in [0.5, 0.6) is 0 Å². The minimum Gasteiger partial charge on any atom is -0.341 e. The van der Waals surface area contributed by atoms with Gasteiger partial charge in [-0.3, -0.25) is 0 Å². The zero-order valence-corrected chi connectivity index (χ0v) is 10.6. The Morgan fingerprint density at radius 1 is 1.53 bits per heavy atom. The molecule has 0 saturated carbocycles. The molecule has 0 fully saturated rings. The Labute approximate surface area is 98.8 Å². The fraction of sp³-hybridized carbons (Fsp3) is 0.500. The monoisotopic (exact) mass is 246 g/mol. The summed E-state index contributed by atoms with van der Waals surface area (Å²) in [5.41, 5.74) is -0.0929. The molecular formula is C10H15ClN2OS.